The van der Waals surface area contributed by atoms with Gasteiger partial charge in [-0.15, -0.1) is 0 Å². The lowest BCUT2D eigenvalue weighted by Gasteiger charge is -2.16. The Kier molecular flexibility index (Phi) is 6.78. The monoisotopic (exact) mass is 404 g/mol. The molecule has 0 bridgehead atoms. The molecule has 30 heavy (non-hydrogen) atoms. The van der Waals surface area contributed by atoms with Crippen LogP contribution in [-0.2, 0) is 16.0 Å². The predicted molar refractivity (Wildman–Crippen MR) is 110 cm³/mol. The van der Waals surface area contributed by atoms with Gasteiger partial charge in [0.1, 0.15) is 11.7 Å². The van der Waals surface area contributed by atoms with E-state index in [1.165, 1.54) is 18.4 Å². The Hall–Kier alpha value is -4.13. The van der Waals surface area contributed by atoms with Crippen molar-refractivity contribution < 1.29 is 23.9 Å². The molecule has 0 aliphatic carbocycles. The van der Waals surface area contributed by atoms with Crippen molar-refractivity contribution in [2.75, 3.05) is 0 Å². The normalized spacial score (nSPS) is 12.1. The number of carboxylic acid groups (broad SMARTS) is 1. The van der Waals surface area contributed by atoms with E-state index in [9.17, 15) is 19.5 Å². The summed E-state index contributed by atoms with van der Waals surface area (Å²) >= 11 is 0. The quantitative estimate of drug-likeness (QED) is 0.500. The van der Waals surface area contributed by atoms with Crippen LogP contribution < -0.4 is 10.6 Å². The van der Waals surface area contributed by atoms with Crippen molar-refractivity contribution >= 4 is 23.9 Å². The summed E-state index contributed by atoms with van der Waals surface area (Å²) in [6.45, 7) is 0. The molecule has 1 atom stereocenters. The maximum absolute atomic E-state index is 12.9. The highest BCUT2D eigenvalue weighted by molar-refractivity contribution is 6.05. The maximum atomic E-state index is 12.9. The number of hydrogen-bond acceptors (Lipinski definition) is 4. The standard InChI is InChI=1S/C23H20N2O5/c26-21(25-19(23(28)29)15-17-10-5-2-6-11-17)18(14-16-8-3-1-4-9-16)24-22(27)20-12-7-13-30-20/h1-14,19H,15H2,(H,24,27)(H,25,26)(H,28,29)/b18-14+/t19-/m1/s1. The number of nitrogens with one attached hydrogen (secondary N) is 2. The molecule has 7 heteroatoms. The van der Waals surface area contributed by atoms with Gasteiger partial charge in [0.25, 0.3) is 11.8 Å². The number of furan rings is 1. The molecule has 2 amide bonds. The van der Waals surface area contributed by atoms with Gasteiger partial charge >= 0.3 is 5.97 Å². The molecule has 0 saturated heterocycles. The van der Waals surface area contributed by atoms with Crippen LogP contribution in [0.2, 0.25) is 0 Å². The molecule has 0 aliphatic rings. The third-order valence-corrected chi connectivity index (χ3v) is 4.23. The first-order chi connectivity index (χ1) is 14.5. The first kappa shape index (κ1) is 20.6. The Balaban J connectivity index is 1.82. The number of aliphatic carboxylic acids is 1. The SMILES string of the molecule is O=C(N[C@H](Cc1ccccc1)C(=O)O)/C(=C\c1ccccc1)NC(=O)c1ccco1. The molecule has 7 nitrogen and oxygen atoms in total. The summed E-state index contributed by atoms with van der Waals surface area (Å²) in [5.41, 5.74) is 1.33. The summed E-state index contributed by atoms with van der Waals surface area (Å²) in [5, 5.41) is 14.5. The lowest BCUT2D eigenvalue weighted by molar-refractivity contribution is -0.141. The number of carbonyl (C=O) groups excluding carboxylic acids is 2. The van der Waals surface area contributed by atoms with Crippen LogP contribution in [0, 0.1) is 0 Å². The zero-order chi connectivity index (χ0) is 21.3. The van der Waals surface area contributed by atoms with Crippen LogP contribution in [0.1, 0.15) is 21.7 Å². The van der Waals surface area contributed by atoms with E-state index in [-0.39, 0.29) is 17.9 Å². The minimum absolute atomic E-state index is 0.0285. The maximum Gasteiger partial charge on any atom is 0.326 e. The van der Waals surface area contributed by atoms with Crippen LogP contribution >= 0.6 is 0 Å². The zero-order valence-electron chi connectivity index (χ0n) is 15.9. The fraction of sp³-hybridized carbons (Fsp3) is 0.0870. The minimum Gasteiger partial charge on any atom is -0.480 e. The molecular formula is C23H20N2O5. The highest BCUT2D eigenvalue weighted by Gasteiger charge is 2.24. The molecule has 3 N–H and O–H groups in total. The number of benzene rings is 2. The first-order valence-electron chi connectivity index (χ1n) is 9.22. The smallest absolute Gasteiger partial charge is 0.326 e. The molecule has 0 spiro atoms. The van der Waals surface area contributed by atoms with Gasteiger partial charge in [-0.1, -0.05) is 60.7 Å². The van der Waals surface area contributed by atoms with Crippen molar-refractivity contribution in [3.63, 3.8) is 0 Å². The second kappa shape index (κ2) is 9.88. The zero-order valence-corrected chi connectivity index (χ0v) is 15.9. The molecule has 0 radical (unpaired) electrons. The summed E-state index contributed by atoms with van der Waals surface area (Å²) in [5.74, 6) is -2.49. The summed E-state index contributed by atoms with van der Waals surface area (Å²) in [7, 11) is 0. The second-order valence-corrected chi connectivity index (χ2v) is 6.45. The lowest BCUT2D eigenvalue weighted by Crippen LogP contribution is -2.45. The van der Waals surface area contributed by atoms with Gasteiger partial charge in [-0.2, -0.15) is 0 Å². The molecule has 0 fully saturated rings. The van der Waals surface area contributed by atoms with Gasteiger partial charge in [-0.05, 0) is 29.3 Å². The Morgan fingerprint density at radius 3 is 2.20 bits per heavy atom. The van der Waals surface area contributed by atoms with Crippen molar-refractivity contribution in [2.45, 2.75) is 12.5 Å². The third kappa shape index (κ3) is 5.68. The van der Waals surface area contributed by atoms with Crippen LogP contribution in [0.15, 0.2) is 89.2 Å². The van der Waals surface area contributed by atoms with Gasteiger partial charge in [0, 0.05) is 6.42 Å². The Morgan fingerprint density at radius 2 is 1.60 bits per heavy atom. The number of amides is 2. The van der Waals surface area contributed by atoms with Crippen LogP contribution in [0.3, 0.4) is 0 Å². The van der Waals surface area contributed by atoms with E-state index in [0.29, 0.717) is 5.56 Å². The molecular weight excluding hydrogens is 384 g/mol. The summed E-state index contributed by atoms with van der Waals surface area (Å²) < 4.78 is 5.06. The van der Waals surface area contributed by atoms with E-state index in [1.54, 1.807) is 54.6 Å². The van der Waals surface area contributed by atoms with E-state index in [4.69, 9.17) is 4.42 Å². The lowest BCUT2D eigenvalue weighted by atomic mass is 10.1. The molecule has 1 heterocycles. The third-order valence-electron chi connectivity index (χ3n) is 4.23. The predicted octanol–water partition coefficient (Wildman–Crippen LogP) is 2.86. The van der Waals surface area contributed by atoms with Crippen LogP contribution in [0.4, 0.5) is 0 Å². The van der Waals surface area contributed by atoms with E-state index in [2.05, 4.69) is 10.6 Å². The number of hydrogen-bond donors (Lipinski definition) is 3. The minimum atomic E-state index is -1.18. The van der Waals surface area contributed by atoms with Crippen molar-refractivity contribution in [1.82, 2.24) is 10.6 Å². The van der Waals surface area contributed by atoms with Gasteiger partial charge in [0.15, 0.2) is 5.76 Å². The number of rotatable bonds is 8. The van der Waals surface area contributed by atoms with Crippen molar-refractivity contribution in [3.8, 4) is 0 Å². The average Bonchev–Trinajstić information content (AvgIpc) is 3.29. The summed E-state index contributed by atoms with van der Waals surface area (Å²) in [4.78, 5) is 36.9. The Labute approximate surface area is 173 Å². The van der Waals surface area contributed by atoms with Gasteiger partial charge < -0.3 is 20.2 Å². The van der Waals surface area contributed by atoms with Crippen molar-refractivity contribution in [3.05, 3.63) is 102 Å². The molecule has 152 valence electrons. The summed E-state index contributed by atoms with van der Waals surface area (Å²) in [6.07, 6.45) is 2.92. The largest absolute Gasteiger partial charge is 0.480 e. The molecule has 3 aromatic rings. The second-order valence-electron chi connectivity index (χ2n) is 6.45. The van der Waals surface area contributed by atoms with Gasteiger partial charge in [0.05, 0.1) is 6.26 Å². The molecule has 1 aromatic heterocycles. The van der Waals surface area contributed by atoms with E-state index in [0.717, 1.165) is 5.56 Å². The van der Waals surface area contributed by atoms with Crippen LogP contribution in [-0.4, -0.2) is 28.9 Å². The fourth-order valence-corrected chi connectivity index (χ4v) is 2.75. The average molecular weight is 404 g/mol. The number of carbonyl (C=O) groups is 3. The van der Waals surface area contributed by atoms with E-state index in [1.807, 2.05) is 12.1 Å². The highest BCUT2D eigenvalue weighted by Crippen LogP contribution is 2.09. The number of carboxylic acids is 1. The van der Waals surface area contributed by atoms with Gasteiger partial charge in [-0.25, -0.2) is 4.79 Å². The Bertz CT molecular complexity index is 1030. The topological polar surface area (TPSA) is 109 Å². The van der Waals surface area contributed by atoms with Gasteiger partial charge in [-0.3, -0.25) is 9.59 Å². The van der Waals surface area contributed by atoms with Gasteiger partial charge in [0.2, 0.25) is 0 Å². The fourth-order valence-electron chi connectivity index (χ4n) is 2.75. The summed E-state index contributed by atoms with van der Waals surface area (Å²) in [6, 6.07) is 19.7. The molecule has 0 saturated carbocycles. The van der Waals surface area contributed by atoms with Crippen LogP contribution in [0.25, 0.3) is 6.08 Å². The molecule has 0 unspecified atom stereocenters. The molecule has 3 rings (SSSR count). The first-order valence-corrected chi connectivity index (χ1v) is 9.22. The van der Waals surface area contributed by atoms with Crippen molar-refractivity contribution in [2.24, 2.45) is 0 Å². The van der Waals surface area contributed by atoms with E-state index >= 15 is 0 Å². The van der Waals surface area contributed by atoms with Crippen LogP contribution in [0.5, 0.6) is 0 Å². The molecule has 0 aliphatic heterocycles. The Morgan fingerprint density at radius 1 is 0.933 bits per heavy atom. The van der Waals surface area contributed by atoms with E-state index < -0.39 is 23.8 Å². The van der Waals surface area contributed by atoms with Crippen molar-refractivity contribution in [1.29, 1.82) is 0 Å². The highest BCUT2D eigenvalue weighted by atomic mass is 16.4. The molecule has 2 aromatic carbocycles.